The molecule has 3 aromatic rings. The summed E-state index contributed by atoms with van der Waals surface area (Å²) in [4.78, 5) is 40.2. The molecule has 10 heteroatoms. The van der Waals surface area contributed by atoms with Gasteiger partial charge in [0.1, 0.15) is 5.75 Å². The number of hydrogen-bond donors (Lipinski definition) is 3. The summed E-state index contributed by atoms with van der Waals surface area (Å²) in [5.41, 5.74) is 2.15. The summed E-state index contributed by atoms with van der Waals surface area (Å²) in [6, 6.07) is 12.4. The van der Waals surface area contributed by atoms with Crippen LogP contribution in [0.25, 0.3) is 11.3 Å². The highest BCUT2D eigenvalue weighted by Crippen LogP contribution is 2.27. The Kier molecular flexibility index (Phi) is 8.42. The summed E-state index contributed by atoms with van der Waals surface area (Å²) in [6.45, 7) is 5.51. The van der Waals surface area contributed by atoms with Crippen LogP contribution in [0.2, 0.25) is 0 Å². The molecular formula is C24H27N5O4S. The van der Waals surface area contributed by atoms with Crippen LogP contribution in [-0.4, -0.2) is 39.4 Å². The van der Waals surface area contributed by atoms with Crippen LogP contribution in [0.4, 0.5) is 11.4 Å². The summed E-state index contributed by atoms with van der Waals surface area (Å²) in [5, 5.41) is 13.6. The first-order valence-electron chi connectivity index (χ1n) is 10.8. The van der Waals surface area contributed by atoms with E-state index in [4.69, 9.17) is 4.74 Å². The highest BCUT2D eigenvalue weighted by molar-refractivity contribution is 8.00. The number of benzene rings is 2. The van der Waals surface area contributed by atoms with Crippen LogP contribution >= 0.6 is 11.8 Å². The number of rotatable bonds is 9. The predicted molar refractivity (Wildman–Crippen MR) is 133 cm³/mol. The lowest BCUT2D eigenvalue weighted by atomic mass is 10.1. The summed E-state index contributed by atoms with van der Waals surface area (Å²) in [7, 11) is 1.57. The van der Waals surface area contributed by atoms with Crippen LogP contribution in [0.1, 0.15) is 32.3 Å². The van der Waals surface area contributed by atoms with Gasteiger partial charge in [-0.25, -0.2) is 0 Å². The molecule has 3 rings (SSSR count). The zero-order chi connectivity index (χ0) is 24.7. The van der Waals surface area contributed by atoms with Crippen molar-refractivity contribution in [2.24, 2.45) is 0 Å². The van der Waals surface area contributed by atoms with Crippen LogP contribution in [-0.2, 0) is 9.59 Å². The topological polar surface area (TPSA) is 126 Å². The Morgan fingerprint density at radius 2 is 1.82 bits per heavy atom. The number of amides is 2. The molecular weight excluding hydrogens is 454 g/mol. The molecule has 1 aromatic heterocycles. The Labute approximate surface area is 201 Å². The fourth-order valence-corrected chi connectivity index (χ4v) is 3.95. The molecule has 34 heavy (non-hydrogen) atoms. The normalized spacial score (nSPS) is 11.5. The number of methoxy groups -OCH3 is 1. The van der Waals surface area contributed by atoms with E-state index in [0.717, 1.165) is 17.3 Å². The minimum Gasteiger partial charge on any atom is -0.497 e. The van der Waals surface area contributed by atoms with Crippen molar-refractivity contribution in [1.29, 1.82) is 0 Å². The van der Waals surface area contributed by atoms with Crippen LogP contribution in [0.5, 0.6) is 5.75 Å². The number of anilines is 2. The van der Waals surface area contributed by atoms with Crippen molar-refractivity contribution in [3.63, 3.8) is 0 Å². The number of aryl methyl sites for hydroxylation is 1. The highest BCUT2D eigenvalue weighted by Gasteiger charge is 2.21. The number of aromatic amines is 1. The quantitative estimate of drug-likeness (QED) is 0.394. The van der Waals surface area contributed by atoms with Gasteiger partial charge in [0.15, 0.2) is 10.9 Å². The highest BCUT2D eigenvalue weighted by atomic mass is 32.2. The maximum absolute atomic E-state index is 12.9. The van der Waals surface area contributed by atoms with Gasteiger partial charge in [-0.2, -0.15) is 0 Å². The Bertz CT molecular complexity index is 1230. The van der Waals surface area contributed by atoms with Gasteiger partial charge in [0, 0.05) is 17.7 Å². The van der Waals surface area contributed by atoms with Gasteiger partial charge in [0.25, 0.3) is 5.56 Å². The summed E-state index contributed by atoms with van der Waals surface area (Å²) in [5.74, 6) is 0.307. The van der Waals surface area contributed by atoms with E-state index < -0.39 is 10.8 Å². The molecule has 0 aliphatic rings. The van der Waals surface area contributed by atoms with Gasteiger partial charge >= 0.3 is 0 Å². The second-order valence-electron chi connectivity index (χ2n) is 7.49. The van der Waals surface area contributed by atoms with Crippen LogP contribution in [0, 0.1) is 6.92 Å². The largest absolute Gasteiger partial charge is 0.497 e. The van der Waals surface area contributed by atoms with Gasteiger partial charge in [0.05, 0.1) is 18.0 Å². The molecule has 0 saturated carbocycles. The number of nitrogens with zero attached hydrogens (tertiary/aromatic N) is 2. The first-order valence-corrected chi connectivity index (χ1v) is 11.7. The van der Waals surface area contributed by atoms with Gasteiger partial charge in [0.2, 0.25) is 11.8 Å². The first-order chi connectivity index (χ1) is 16.3. The monoisotopic (exact) mass is 481 g/mol. The number of aromatic nitrogens is 3. The van der Waals surface area contributed by atoms with Crippen molar-refractivity contribution in [3.05, 3.63) is 58.4 Å². The average Bonchev–Trinajstić information content (AvgIpc) is 2.84. The second kappa shape index (κ2) is 11.5. The van der Waals surface area contributed by atoms with Gasteiger partial charge in [-0.3, -0.25) is 19.4 Å². The molecule has 1 atom stereocenters. The van der Waals surface area contributed by atoms with E-state index in [1.54, 1.807) is 50.4 Å². The van der Waals surface area contributed by atoms with Gasteiger partial charge < -0.3 is 15.4 Å². The average molecular weight is 482 g/mol. The van der Waals surface area contributed by atoms with Gasteiger partial charge in [-0.15, -0.1) is 10.2 Å². The Morgan fingerprint density at radius 3 is 2.44 bits per heavy atom. The fourth-order valence-electron chi connectivity index (χ4n) is 3.11. The lowest BCUT2D eigenvalue weighted by Gasteiger charge is -2.14. The van der Waals surface area contributed by atoms with Crippen molar-refractivity contribution in [2.75, 3.05) is 17.7 Å². The molecule has 9 nitrogen and oxygen atoms in total. The summed E-state index contributed by atoms with van der Waals surface area (Å²) in [6.07, 6.45) is 0.825. The molecule has 0 bridgehead atoms. The van der Waals surface area contributed by atoms with Crippen molar-refractivity contribution in [2.45, 2.75) is 44.0 Å². The standard InChI is InChI=1S/C24H27N5O4S/c1-5-19(22(31)25-15-8-10-16(33-4)11-9-15)34-24-27-23(32)21(28-29-24)17-13-14(3)7-12-18(17)26-20(30)6-2/h7-13,19H,5-6H2,1-4H3,(H,25,31)(H,26,30)(H,27,29,32)/t19-/m1/s1. The number of ether oxygens (including phenoxy) is 1. The number of carbonyl (C=O) groups excluding carboxylic acids is 2. The van der Waals surface area contributed by atoms with Gasteiger partial charge in [-0.1, -0.05) is 37.2 Å². The molecule has 0 radical (unpaired) electrons. The molecule has 0 fully saturated rings. The Hall–Kier alpha value is -3.66. The molecule has 2 amide bonds. The van der Waals surface area contributed by atoms with Crippen molar-refractivity contribution >= 4 is 35.0 Å². The molecule has 2 aromatic carbocycles. The van der Waals surface area contributed by atoms with E-state index in [1.807, 2.05) is 19.9 Å². The summed E-state index contributed by atoms with van der Waals surface area (Å²) >= 11 is 1.13. The molecule has 178 valence electrons. The molecule has 0 aliphatic carbocycles. The number of hydrogen-bond acceptors (Lipinski definition) is 7. The Morgan fingerprint density at radius 1 is 1.09 bits per heavy atom. The SMILES string of the molecule is CCC(=O)Nc1ccc(C)cc1-c1nnc(S[C@H](CC)C(=O)Nc2ccc(OC)cc2)[nH]c1=O. The third-order valence-electron chi connectivity index (χ3n) is 4.98. The van der Waals surface area contributed by atoms with E-state index in [-0.39, 0.29) is 22.7 Å². The van der Waals surface area contributed by atoms with Crippen LogP contribution < -0.4 is 20.9 Å². The predicted octanol–water partition coefficient (Wildman–Crippen LogP) is 4.01. The fraction of sp³-hybridized carbons (Fsp3) is 0.292. The molecule has 0 unspecified atom stereocenters. The van der Waals surface area contributed by atoms with Crippen molar-refractivity contribution in [3.8, 4) is 17.0 Å². The first kappa shape index (κ1) is 25.0. The maximum Gasteiger partial charge on any atom is 0.278 e. The molecule has 3 N–H and O–H groups in total. The summed E-state index contributed by atoms with van der Waals surface area (Å²) < 4.78 is 5.13. The van der Waals surface area contributed by atoms with Gasteiger partial charge in [-0.05, 0) is 49.7 Å². The third-order valence-corrected chi connectivity index (χ3v) is 6.22. The number of thioether (sulfide) groups is 1. The number of H-pyrrole nitrogens is 1. The Balaban J connectivity index is 1.79. The van der Waals surface area contributed by atoms with Crippen molar-refractivity contribution < 1.29 is 14.3 Å². The number of carbonyl (C=O) groups is 2. The minimum atomic E-state index is -0.490. The van der Waals surface area contributed by atoms with E-state index >= 15 is 0 Å². The molecule has 1 heterocycles. The second-order valence-corrected chi connectivity index (χ2v) is 8.68. The maximum atomic E-state index is 12.9. The molecule has 0 aliphatic heterocycles. The lowest BCUT2D eigenvalue weighted by Crippen LogP contribution is -2.25. The van der Waals surface area contributed by atoms with Crippen LogP contribution in [0.3, 0.4) is 0 Å². The van der Waals surface area contributed by atoms with Crippen LogP contribution in [0.15, 0.2) is 52.4 Å². The molecule has 0 spiro atoms. The van der Waals surface area contributed by atoms with E-state index in [9.17, 15) is 14.4 Å². The smallest absolute Gasteiger partial charge is 0.278 e. The van der Waals surface area contributed by atoms with E-state index in [0.29, 0.717) is 35.5 Å². The number of nitrogens with one attached hydrogen (secondary N) is 3. The minimum absolute atomic E-state index is 0.0928. The zero-order valence-corrected chi connectivity index (χ0v) is 20.3. The zero-order valence-electron chi connectivity index (χ0n) is 19.5. The van der Waals surface area contributed by atoms with E-state index in [2.05, 4.69) is 25.8 Å². The third kappa shape index (κ3) is 6.22. The van der Waals surface area contributed by atoms with Crippen molar-refractivity contribution in [1.82, 2.24) is 15.2 Å². The lowest BCUT2D eigenvalue weighted by molar-refractivity contribution is -0.116. The molecule has 0 saturated heterocycles. The van der Waals surface area contributed by atoms with E-state index in [1.165, 1.54) is 0 Å².